The van der Waals surface area contributed by atoms with Gasteiger partial charge in [0.2, 0.25) is 5.95 Å². The minimum atomic E-state index is -0.419. The molecule has 4 rings (SSSR count). The Bertz CT molecular complexity index is 1170. The minimum absolute atomic E-state index is 0.360. The summed E-state index contributed by atoms with van der Waals surface area (Å²) in [7, 11) is 0. The predicted octanol–water partition coefficient (Wildman–Crippen LogP) is 4.23. The van der Waals surface area contributed by atoms with E-state index in [2.05, 4.69) is 39.0 Å². The summed E-state index contributed by atoms with van der Waals surface area (Å²) >= 11 is 0. The van der Waals surface area contributed by atoms with E-state index >= 15 is 0 Å². The van der Waals surface area contributed by atoms with Crippen molar-refractivity contribution in [1.82, 2.24) is 15.0 Å². The van der Waals surface area contributed by atoms with Crippen LogP contribution in [0.2, 0.25) is 0 Å². The van der Waals surface area contributed by atoms with Crippen molar-refractivity contribution in [2.45, 2.75) is 13.8 Å². The van der Waals surface area contributed by atoms with Crippen LogP contribution in [0.1, 0.15) is 13.8 Å². The maximum absolute atomic E-state index is 13.0. The van der Waals surface area contributed by atoms with E-state index in [0.29, 0.717) is 22.8 Å². The van der Waals surface area contributed by atoms with Gasteiger partial charge in [0.25, 0.3) is 0 Å². The molecule has 2 aromatic heterocycles. The molecule has 0 aliphatic carbocycles. The summed E-state index contributed by atoms with van der Waals surface area (Å²) in [5.74, 6) is 0.360. The third-order valence-corrected chi connectivity index (χ3v) is 4.81. The zero-order valence-corrected chi connectivity index (χ0v) is 16.3. The number of nitrogens with zero attached hydrogens (tertiary/aromatic N) is 4. The van der Waals surface area contributed by atoms with Crippen molar-refractivity contribution >= 4 is 28.3 Å². The molecule has 0 fully saturated rings. The van der Waals surface area contributed by atoms with Crippen LogP contribution in [-0.4, -0.2) is 28.0 Å². The number of benzene rings is 2. The zero-order chi connectivity index (χ0) is 20.2. The highest BCUT2D eigenvalue weighted by Crippen LogP contribution is 2.39. The van der Waals surface area contributed by atoms with E-state index in [0.717, 1.165) is 29.7 Å². The second kappa shape index (κ2) is 8.10. The van der Waals surface area contributed by atoms with Gasteiger partial charge in [-0.1, -0.05) is 36.4 Å². The SMILES string of the molecule is CCN(CC)c1cccc2oc(=O)c(-c3ccccc3)c(Nc3ncncn3)c12. The maximum atomic E-state index is 13.0. The van der Waals surface area contributed by atoms with Crippen LogP contribution in [0.5, 0.6) is 0 Å². The summed E-state index contributed by atoms with van der Waals surface area (Å²) in [5, 5.41) is 4.06. The molecule has 0 aliphatic heterocycles. The smallest absolute Gasteiger partial charge is 0.346 e. The van der Waals surface area contributed by atoms with Gasteiger partial charge >= 0.3 is 5.63 Å². The van der Waals surface area contributed by atoms with Crippen molar-refractivity contribution in [2.75, 3.05) is 23.3 Å². The van der Waals surface area contributed by atoms with Crippen molar-refractivity contribution < 1.29 is 4.42 Å². The molecule has 7 heteroatoms. The highest BCUT2D eigenvalue weighted by molar-refractivity contribution is 6.06. The number of hydrogen-bond donors (Lipinski definition) is 1. The Labute approximate surface area is 168 Å². The van der Waals surface area contributed by atoms with Crippen LogP contribution in [0.25, 0.3) is 22.1 Å². The predicted molar refractivity (Wildman–Crippen MR) is 115 cm³/mol. The van der Waals surface area contributed by atoms with Gasteiger partial charge in [0.05, 0.1) is 16.6 Å². The first-order valence-corrected chi connectivity index (χ1v) is 9.52. The van der Waals surface area contributed by atoms with Crippen LogP contribution in [0.3, 0.4) is 0 Å². The highest BCUT2D eigenvalue weighted by atomic mass is 16.4. The first kappa shape index (κ1) is 18.6. The van der Waals surface area contributed by atoms with Crippen molar-refractivity contribution in [1.29, 1.82) is 0 Å². The Morgan fingerprint density at radius 2 is 1.69 bits per heavy atom. The van der Waals surface area contributed by atoms with E-state index in [-0.39, 0.29) is 0 Å². The lowest BCUT2D eigenvalue weighted by Gasteiger charge is -2.24. The van der Waals surface area contributed by atoms with Crippen LogP contribution < -0.4 is 15.8 Å². The second-order valence-electron chi connectivity index (χ2n) is 6.41. The number of aromatic nitrogens is 3. The largest absolute Gasteiger partial charge is 0.422 e. The van der Waals surface area contributed by atoms with Crippen LogP contribution in [0, 0.1) is 0 Å². The first-order chi connectivity index (χ1) is 14.2. The average Bonchev–Trinajstić information content (AvgIpc) is 2.76. The van der Waals surface area contributed by atoms with E-state index < -0.39 is 5.63 Å². The Morgan fingerprint density at radius 1 is 0.966 bits per heavy atom. The van der Waals surface area contributed by atoms with Crippen LogP contribution in [0.15, 0.2) is 70.4 Å². The molecule has 29 heavy (non-hydrogen) atoms. The molecular formula is C22H21N5O2. The summed E-state index contributed by atoms with van der Waals surface area (Å²) < 4.78 is 5.73. The number of anilines is 3. The third-order valence-electron chi connectivity index (χ3n) is 4.81. The van der Waals surface area contributed by atoms with Gasteiger partial charge in [-0.05, 0) is 31.5 Å². The number of hydrogen-bond acceptors (Lipinski definition) is 7. The lowest BCUT2D eigenvalue weighted by atomic mass is 10.0. The van der Waals surface area contributed by atoms with Gasteiger partial charge in [-0.3, -0.25) is 0 Å². The molecule has 146 valence electrons. The molecular weight excluding hydrogens is 366 g/mol. The lowest BCUT2D eigenvalue weighted by molar-refractivity contribution is 0.564. The summed E-state index contributed by atoms with van der Waals surface area (Å²) in [6.45, 7) is 5.83. The molecule has 0 amide bonds. The van der Waals surface area contributed by atoms with Gasteiger partial charge in [0.15, 0.2) is 0 Å². The fourth-order valence-electron chi connectivity index (χ4n) is 3.47. The van der Waals surface area contributed by atoms with Crippen LogP contribution in [-0.2, 0) is 0 Å². The Morgan fingerprint density at radius 3 is 2.38 bits per heavy atom. The van der Waals surface area contributed by atoms with E-state index in [1.54, 1.807) is 6.07 Å². The van der Waals surface area contributed by atoms with Crippen LogP contribution in [0.4, 0.5) is 17.3 Å². The quantitative estimate of drug-likeness (QED) is 0.496. The standard InChI is InChI=1S/C22H21N5O2/c1-3-27(4-2)16-11-8-12-17-19(16)20(26-22-24-13-23-14-25-22)18(21(28)29-17)15-9-6-5-7-10-15/h5-14H,3-4H2,1-2H3,(H,23,24,25,26). The molecule has 0 bridgehead atoms. The van der Waals surface area contributed by atoms with Gasteiger partial charge in [0.1, 0.15) is 18.2 Å². The van der Waals surface area contributed by atoms with Gasteiger partial charge < -0.3 is 14.6 Å². The lowest BCUT2D eigenvalue weighted by Crippen LogP contribution is -2.22. The van der Waals surface area contributed by atoms with Crippen molar-refractivity contribution in [3.05, 3.63) is 71.6 Å². The summed E-state index contributed by atoms with van der Waals surface area (Å²) in [6, 6.07) is 15.2. The molecule has 0 atom stereocenters. The molecule has 0 spiro atoms. The number of nitrogens with one attached hydrogen (secondary N) is 1. The monoisotopic (exact) mass is 387 g/mol. The molecule has 1 N–H and O–H groups in total. The molecule has 0 saturated carbocycles. The maximum Gasteiger partial charge on any atom is 0.346 e. The summed E-state index contributed by atoms with van der Waals surface area (Å²) in [5.41, 5.74) is 2.89. The second-order valence-corrected chi connectivity index (χ2v) is 6.41. The minimum Gasteiger partial charge on any atom is -0.422 e. The fourth-order valence-corrected chi connectivity index (χ4v) is 3.47. The highest BCUT2D eigenvalue weighted by Gasteiger charge is 2.21. The van der Waals surface area contributed by atoms with Gasteiger partial charge in [-0.2, -0.15) is 0 Å². The summed E-state index contributed by atoms with van der Waals surface area (Å²) in [6.07, 6.45) is 2.83. The number of rotatable bonds is 6. The fraction of sp³-hybridized carbons (Fsp3) is 0.182. The molecule has 0 saturated heterocycles. The molecule has 2 heterocycles. The van der Waals surface area contributed by atoms with E-state index in [4.69, 9.17) is 4.42 Å². The Balaban J connectivity index is 2.08. The molecule has 4 aromatic rings. The van der Waals surface area contributed by atoms with Crippen molar-refractivity contribution in [3.8, 4) is 11.1 Å². The number of fused-ring (bicyclic) bond motifs is 1. The Kier molecular flexibility index (Phi) is 5.20. The topological polar surface area (TPSA) is 84.2 Å². The third kappa shape index (κ3) is 3.54. The normalized spacial score (nSPS) is 10.8. The summed E-state index contributed by atoms with van der Waals surface area (Å²) in [4.78, 5) is 27.4. The average molecular weight is 387 g/mol. The van der Waals surface area contributed by atoms with Gasteiger partial charge in [0, 0.05) is 18.8 Å². The molecule has 2 aromatic carbocycles. The Hall–Kier alpha value is -3.74. The zero-order valence-electron chi connectivity index (χ0n) is 16.3. The molecule has 0 aliphatic rings. The van der Waals surface area contributed by atoms with E-state index in [1.165, 1.54) is 12.7 Å². The van der Waals surface area contributed by atoms with Crippen molar-refractivity contribution in [2.24, 2.45) is 0 Å². The van der Waals surface area contributed by atoms with Crippen LogP contribution >= 0.6 is 0 Å². The van der Waals surface area contributed by atoms with E-state index in [1.807, 2.05) is 42.5 Å². The molecule has 7 nitrogen and oxygen atoms in total. The first-order valence-electron chi connectivity index (χ1n) is 9.52. The van der Waals surface area contributed by atoms with Gasteiger partial charge in [-0.15, -0.1) is 0 Å². The van der Waals surface area contributed by atoms with Crippen molar-refractivity contribution in [3.63, 3.8) is 0 Å². The molecule has 0 radical (unpaired) electrons. The molecule has 0 unspecified atom stereocenters. The van der Waals surface area contributed by atoms with Gasteiger partial charge in [-0.25, -0.2) is 19.7 Å². The van der Waals surface area contributed by atoms with E-state index in [9.17, 15) is 4.79 Å².